The van der Waals surface area contributed by atoms with Crippen molar-refractivity contribution >= 4 is 49.8 Å². The van der Waals surface area contributed by atoms with Gasteiger partial charge < -0.3 is 4.98 Å². The van der Waals surface area contributed by atoms with Crippen LogP contribution in [0, 0.1) is 0 Å². The second kappa shape index (κ2) is 7.61. The first-order chi connectivity index (χ1) is 17.3. The maximum Gasteiger partial charge on any atom is 0.122 e. The van der Waals surface area contributed by atoms with Crippen molar-refractivity contribution < 1.29 is 0 Å². The van der Waals surface area contributed by atoms with Crippen molar-refractivity contribution in [2.75, 3.05) is 0 Å². The molecule has 4 aromatic heterocycles. The van der Waals surface area contributed by atoms with Crippen LogP contribution in [0.2, 0.25) is 0 Å². The van der Waals surface area contributed by atoms with Crippen molar-refractivity contribution in [1.82, 2.24) is 19.1 Å². The lowest BCUT2D eigenvalue weighted by Crippen LogP contribution is -2.05. The van der Waals surface area contributed by atoms with Crippen LogP contribution in [-0.2, 0) is 0 Å². The molecule has 0 saturated carbocycles. The van der Waals surface area contributed by atoms with Crippen molar-refractivity contribution in [1.29, 1.82) is 0 Å². The second-order valence-electron chi connectivity index (χ2n) is 8.65. The van der Waals surface area contributed by atoms with Crippen LogP contribution in [0.25, 0.3) is 61.3 Å². The normalized spacial score (nSPS) is 12.0. The van der Waals surface area contributed by atoms with Gasteiger partial charge in [-0.05, 0) is 42.5 Å². The fraction of sp³-hybridized carbons (Fsp3) is 0. The van der Waals surface area contributed by atoms with E-state index in [0.717, 1.165) is 55.6 Å². The van der Waals surface area contributed by atoms with Crippen LogP contribution < -0.4 is 0 Å². The summed E-state index contributed by atoms with van der Waals surface area (Å²) in [5.74, 6) is 1.05. The molecule has 0 atom stereocenters. The molecule has 4 heteroatoms. The molecular formula is C31H22N4. The Balaban J connectivity index is 1.67. The first kappa shape index (κ1) is 19.6. The van der Waals surface area contributed by atoms with E-state index in [9.17, 15) is 0 Å². The summed E-state index contributed by atoms with van der Waals surface area (Å²) in [5.41, 5.74) is 7.57. The van der Waals surface area contributed by atoms with E-state index in [1.165, 1.54) is 5.39 Å². The molecule has 0 bridgehead atoms. The van der Waals surface area contributed by atoms with Crippen molar-refractivity contribution in [2.24, 2.45) is 0 Å². The molecule has 1 N–H and O–H groups in total. The number of hydrogen-bond acceptors (Lipinski definition) is 1. The van der Waals surface area contributed by atoms with Gasteiger partial charge in [-0.15, -0.1) is 0 Å². The number of aromatic amines is 1. The lowest BCUT2D eigenvalue weighted by Gasteiger charge is -2.15. The van der Waals surface area contributed by atoms with E-state index in [2.05, 4.69) is 112 Å². The Kier molecular flexibility index (Phi) is 4.26. The van der Waals surface area contributed by atoms with E-state index in [1.807, 2.05) is 18.3 Å². The van der Waals surface area contributed by atoms with Gasteiger partial charge in [0.05, 0.1) is 22.1 Å². The number of allylic oxidation sites excluding steroid dienone is 2. The van der Waals surface area contributed by atoms with E-state index in [4.69, 9.17) is 4.98 Å². The van der Waals surface area contributed by atoms with Crippen molar-refractivity contribution in [3.63, 3.8) is 0 Å². The summed E-state index contributed by atoms with van der Waals surface area (Å²) < 4.78 is 4.63. The summed E-state index contributed by atoms with van der Waals surface area (Å²) in [6, 6.07) is 31.7. The molecule has 0 radical (unpaired) electrons. The molecular weight excluding hydrogens is 428 g/mol. The zero-order chi connectivity index (χ0) is 23.4. The number of pyridine rings is 1. The van der Waals surface area contributed by atoms with Crippen molar-refractivity contribution in [3.8, 4) is 11.5 Å². The van der Waals surface area contributed by atoms with Crippen molar-refractivity contribution in [2.45, 2.75) is 0 Å². The van der Waals surface area contributed by atoms with Crippen LogP contribution in [0.15, 0.2) is 116 Å². The van der Waals surface area contributed by atoms with Crippen molar-refractivity contribution in [3.05, 3.63) is 122 Å². The smallest absolute Gasteiger partial charge is 0.122 e. The van der Waals surface area contributed by atoms with Gasteiger partial charge in [-0.3, -0.25) is 14.1 Å². The predicted molar refractivity (Wildman–Crippen MR) is 146 cm³/mol. The van der Waals surface area contributed by atoms with E-state index < -0.39 is 0 Å². The molecule has 0 amide bonds. The Morgan fingerprint density at radius 3 is 2.37 bits per heavy atom. The summed E-state index contributed by atoms with van der Waals surface area (Å²) in [6.45, 7) is 3.86. The minimum absolute atomic E-state index is 0.989. The zero-order valence-corrected chi connectivity index (χ0v) is 19.0. The van der Waals surface area contributed by atoms with Gasteiger partial charge in [0.1, 0.15) is 5.82 Å². The first-order valence-electron chi connectivity index (χ1n) is 11.7. The largest absolute Gasteiger partial charge is 0.353 e. The van der Waals surface area contributed by atoms with Gasteiger partial charge >= 0.3 is 0 Å². The van der Waals surface area contributed by atoms with E-state index in [0.29, 0.717) is 0 Å². The number of hydrogen-bond donors (Lipinski definition) is 1. The number of para-hydroxylation sites is 3. The molecule has 0 saturated heterocycles. The molecule has 0 aliphatic rings. The van der Waals surface area contributed by atoms with Gasteiger partial charge in [-0.25, -0.2) is 0 Å². The second-order valence-corrected chi connectivity index (χ2v) is 8.65. The quantitative estimate of drug-likeness (QED) is 0.273. The highest BCUT2D eigenvalue weighted by molar-refractivity contribution is 6.20. The maximum atomic E-state index is 4.99. The summed E-state index contributed by atoms with van der Waals surface area (Å²) in [4.78, 5) is 8.68. The fourth-order valence-electron chi connectivity index (χ4n) is 5.21. The summed E-state index contributed by atoms with van der Waals surface area (Å²) in [5, 5.41) is 3.44. The number of aromatic nitrogens is 4. The highest BCUT2D eigenvalue weighted by Crippen LogP contribution is 2.38. The van der Waals surface area contributed by atoms with Gasteiger partial charge in [0.15, 0.2) is 0 Å². The molecule has 0 unspecified atom stereocenters. The Morgan fingerprint density at radius 2 is 1.51 bits per heavy atom. The minimum Gasteiger partial charge on any atom is -0.353 e. The van der Waals surface area contributed by atoms with Crippen LogP contribution in [-0.4, -0.2) is 19.1 Å². The Bertz CT molecular complexity index is 1910. The first-order valence-corrected chi connectivity index (χ1v) is 11.7. The Labute approximate surface area is 202 Å². The lowest BCUT2D eigenvalue weighted by molar-refractivity contribution is 0.967. The minimum atomic E-state index is 0.989. The lowest BCUT2D eigenvalue weighted by atomic mass is 10.2. The third kappa shape index (κ3) is 2.83. The molecule has 0 spiro atoms. The number of fused-ring (bicyclic) bond motifs is 7. The number of benzene rings is 3. The highest BCUT2D eigenvalue weighted by atomic mass is 15.2. The topological polar surface area (TPSA) is 38.5 Å². The van der Waals surface area contributed by atoms with Crippen LogP contribution in [0.5, 0.6) is 0 Å². The summed E-state index contributed by atoms with van der Waals surface area (Å²) >= 11 is 0. The Morgan fingerprint density at radius 1 is 0.743 bits per heavy atom. The van der Waals surface area contributed by atoms with E-state index >= 15 is 0 Å². The summed E-state index contributed by atoms with van der Waals surface area (Å²) in [7, 11) is 0. The molecule has 7 aromatic rings. The average molecular weight is 451 g/mol. The Hall–Kier alpha value is -4.83. The molecule has 4 heterocycles. The van der Waals surface area contributed by atoms with Gasteiger partial charge in [-0.1, -0.05) is 73.3 Å². The summed E-state index contributed by atoms with van der Waals surface area (Å²) in [6.07, 6.45) is 7.87. The van der Waals surface area contributed by atoms with E-state index in [1.54, 1.807) is 6.08 Å². The van der Waals surface area contributed by atoms with Crippen LogP contribution in [0.1, 0.15) is 5.69 Å². The number of rotatable bonds is 4. The maximum absolute atomic E-state index is 4.99. The molecule has 0 aliphatic heterocycles. The molecule has 0 aliphatic carbocycles. The average Bonchev–Trinajstić information content (AvgIpc) is 3.59. The third-order valence-corrected chi connectivity index (χ3v) is 6.69. The highest BCUT2D eigenvalue weighted by Gasteiger charge is 2.21. The van der Waals surface area contributed by atoms with Crippen LogP contribution >= 0.6 is 0 Å². The van der Waals surface area contributed by atoms with Gasteiger partial charge in [0.2, 0.25) is 0 Å². The number of H-pyrrole nitrogens is 1. The van der Waals surface area contributed by atoms with Gasteiger partial charge in [0, 0.05) is 39.3 Å². The SMILES string of the molecule is C=C/C=C\c1ccc(-n2c3ccccc3c3ncc4c5ccccc5[nH]c4c32)n1-c1ccccc1. The zero-order valence-electron chi connectivity index (χ0n) is 19.0. The van der Waals surface area contributed by atoms with Gasteiger partial charge in [0.25, 0.3) is 0 Å². The molecule has 7 rings (SSSR count). The molecule has 4 nitrogen and oxygen atoms in total. The van der Waals surface area contributed by atoms with Crippen LogP contribution in [0.4, 0.5) is 0 Å². The monoisotopic (exact) mass is 450 g/mol. The van der Waals surface area contributed by atoms with E-state index in [-0.39, 0.29) is 0 Å². The molecule has 0 fully saturated rings. The molecule has 3 aromatic carbocycles. The van der Waals surface area contributed by atoms with Crippen LogP contribution in [0.3, 0.4) is 0 Å². The standard InChI is InChI=1S/C31H22N4/c1-2-3-11-22-18-19-28(34(22)21-12-5-4-6-13-21)35-27-17-10-8-15-24(27)29-31(35)30-25(20-32-29)23-14-7-9-16-26(23)33-30/h2-20,33H,1H2/b11-3-. The fourth-order valence-corrected chi connectivity index (χ4v) is 5.21. The number of nitrogens with one attached hydrogen (secondary N) is 1. The predicted octanol–water partition coefficient (Wildman–Crippen LogP) is 7.80. The third-order valence-electron chi connectivity index (χ3n) is 6.69. The molecule has 166 valence electrons. The van der Waals surface area contributed by atoms with Gasteiger partial charge in [-0.2, -0.15) is 0 Å². The molecule has 35 heavy (non-hydrogen) atoms. The number of nitrogens with zero attached hydrogens (tertiary/aromatic N) is 3.